The van der Waals surface area contributed by atoms with Gasteiger partial charge in [0.05, 0.1) is 0 Å². The molecule has 0 unspecified atom stereocenters. The molecule has 2 heterocycles. The number of nitrogens with one attached hydrogen (secondary N) is 2. The number of hydrogen-bond acceptors (Lipinski definition) is 3. The Morgan fingerprint density at radius 2 is 1.76 bits per heavy atom. The maximum Gasteiger partial charge on any atom is 0.320 e. The number of likely N-dealkylation sites (tertiary alicyclic amines) is 1. The van der Waals surface area contributed by atoms with Crippen molar-refractivity contribution in [2.45, 2.75) is 50.6 Å². The molecule has 3 aromatic rings. The van der Waals surface area contributed by atoms with Crippen LogP contribution < -0.4 is 10.6 Å². The van der Waals surface area contributed by atoms with Crippen molar-refractivity contribution < 1.29 is 4.79 Å². The highest BCUT2D eigenvalue weighted by atomic mass is 35.5. The Labute approximate surface area is 200 Å². The van der Waals surface area contributed by atoms with E-state index in [0.29, 0.717) is 11.9 Å². The van der Waals surface area contributed by atoms with Gasteiger partial charge in [0.2, 0.25) is 0 Å². The minimum Gasteiger partial charge on any atom is -0.334 e. The number of hydrogen-bond donors (Lipinski definition) is 2. The largest absolute Gasteiger partial charge is 0.334 e. The van der Waals surface area contributed by atoms with Crippen molar-refractivity contribution in [1.82, 2.24) is 15.2 Å². The Hall–Kier alpha value is -2.63. The summed E-state index contributed by atoms with van der Waals surface area (Å²) >= 11 is 6.02. The molecule has 33 heavy (non-hydrogen) atoms. The van der Waals surface area contributed by atoms with E-state index in [-0.39, 0.29) is 12.1 Å². The van der Waals surface area contributed by atoms with Gasteiger partial charge in [-0.15, -0.1) is 0 Å². The Morgan fingerprint density at radius 1 is 1.00 bits per heavy atom. The van der Waals surface area contributed by atoms with Gasteiger partial charge in [-0.3, -0.25) is 10.2 Å². The van der Waals surface area contributed by atoms with E-state index in [1.807, 2.05) is 42.5 Å². The van der Waals surface area contributed by atoms with Gasteiger partial charge in [-0.25, -0.2) is 9.78 Å². The summed E-state index contributed by atoms with van der Waals surface area (Å²) in [5.41, 5.74) is 1.37. The molecule has 172 valence electrons. The van der Waals surface area contributed by atoms with E-state index < -0.39 is 0 Å². The number of anilines is 1. The zero-order chi connectivity index (χ0) is 22.6. The van der Waals surface area contributed by atoms with E-state index in [2.05, 4.69) is 32.7 Å². The second kappa shape index (κ2) is 10.1. The van der Waals surface area contributed by atoms with Crippen LogP contribution >= 0.6 is 11.6 Å². The van der Waals surface area contributed by atoms with Crippen LogP contribution in [0.5, 0.6) is 0 Å². The van der Waals surface area contributed by atoms with Crippen LogP contribution in [0.4, 0.5) is 10.6 Å². The van der Waals surface area contributed by atoms with E-state index in [1.165, 1.54) is 18.4 Å². The average molecular weight is 463 g/mol. The van der Waals surface area contributed by atoms with Crippen LogP contribution in [0.25, 0.3) is 10.8 Å². The first-order valence-electron chi connectivity index (χ1n) is 12.0. The summed E-state index contributed by atoms with van der Waals surface area (Å²) in [6.07, 6.45) is 8.69. The maximum absolute atomic E-state index is 12.7. The van der Waals surface area contributed by atoms with Gasteiger partial charge >= 0.3 is 6.03 Å². The Kier molecular flexibility index (Phi) is 6.79. The summed E-state index contributed by atoms with van der Waals surface area (Å²) < 4.78 is 0. The van der Waals surface area contributed by atoms with Crippen LogP contribution in [-0.2, 0) is 6.42 Å². The summed E-state index contributed by atoms with van der Waals surface area (Å²) in [6.45, 7) is 2.21. The standard InChI is InChI=1S/C27H31ClN4O/c28-23-10-8-19(9-11-23)16-20-12-14-32(15-13-20)25-7-3-6-24(25)30-27(33)31-26-17-21-4-1-2-5-22(21)18-29-26/h1-2,4-5,8-11,17-18,20,24-25H,3,6-7,12-16H2,(H2,29,30,31,33)/t24-,25-/m1/s1. The lowest BCUT2D eigenvalue weighted by Crippen LogP contribution is -2.52. The first-order valence-corrected chi connectivity index (χ1v) is 12.4. The average Bonchev–Trinajstić information content (AvgIpc) is 3.29. The topological polar surface area (TPSA) is 57.3 Å². The molecule has 1 aliphatic carbocycles. The van der Waals surface area contributed by atoms with Crippen molar-refractivity contribution in [2.24, 2.45) is 5.92 Å². The fourth-order valence-electron chi connectivity index (χ4n) is 5.46. The number of halogens is 1. The summed E-state index contributed by atoms with van der Waals surface area (Å²) in [5.74, 6) is 1.31. The SMILES string of the molecule is O=C(Nc1cc2ccccc2cn1)N[C@@H]1CCC[C@H]1N1CCC(Cc2ccc(Cl)cc2)CC1. The van der Waals surface area contributed by atoms with Gasteiger partial charge in [-0.2, -0.15) is 0 Å². The number of aromatic nitrogens is 1. The second-order valence-electron chi connectivity index (χ2n) is 9.43. The molecule has 1 aromatic heterocycles. The number of carbonyl (C=O) groups excluding carboxylic acids is 1. The lowest BCUT2D eigenvalue weighted by atomic mass is 9.89. The summed E-state index contributed by atoms with van der Waals surface area (Å²) in [4.78, 5) is 19.7. The van der Waals surface area contributed by atoms with Gasteiger partial charge in [-0.1, -0.05) is 48.0 Å². The monoisotopic (exact) mass is 462 g/mol. The van der Waals surface area contributed by atoms with E-state index in [4.69, 9.17) is 11.6 Å². The van der Waals surface area contributed by atoms with Gasteiger partial charge in [-0.05, 0) is 86.7 Å². The molecule has 2 aliphatic rings. The maximum atomic E-state index is 12.7. The van der Waals surface area contributed by atoms with Crippen LogP contribution in [0.1, 0.15) is 37.7 Å². The first kappa shape index (κ1) is 22.2. The number of piperidine rings is 1. The Bertz CT molecular complexity index is 1090. The molecule has 0 spiro atoms. The molecule has 5 nitrogen and oxygen atoms in total. The van der Waals surface area contributed by atoms with Crippen molar-refractivity contribution in [3.8, 4) is 0 Å². The summed E-state index contributed by atoms with van der Waals surface area (Å²) in [6, 6.07) is 18.7. The Balaban J connectivity index is 1.13. The number of pyridine rings is 1. The molecule has 0 bridgehead atoms. The van der Waals surface area contributed by atoms with Crippen molar-refractivity contribution in [3.05, 3.63) is 71.4 Å². The zero-order valence-corrected chi connectivity index (χ0v) is 19.6. The van der Waals surface area contributed by atoms with E-state index >= 15 is 0 Å². The predicted molar refractivity (Wildman–Crippen MR) is 135 cm³/mol. The molecule has 1 aliphatic heterocycles. The van der Waals surface area contributed by atoms with E-state index in [9.17, 15) is 4.79 Å². The number of carbonyl (C=O) groups is 1. The van der Waals surface area contributed by atoms with Crippen LogP contribution in [0.2, 0.25) is 5.02 Å². The molecule has 2 N–H and O–H groups in total. The smallest absolute Gasteiger partial charge is 0.320 e. The number of benzene rings is 2. The molecule has 5 rings (SSSR count). The molecule has 0 radical (unpaired) electrons. The molecule has 2 atom stereocenters. The fourth-order valence-corrected chi connectivity index (χ4v) is 5.59. The number of nitrogens with zero attached hydrogens (tertiary/aromatic N) is 2. The zero-order valence-electron chi connectivity index (χ0n) is 18.8. The number of amides is 2. The molecule has 1 saturated carbocycles. The van der Waals surface area contributed by atoms with Gasteiger partial charge in [0.1, 0.15) is 5.82 Å². The van der Waals surface area contributed by atoms with E-state index in [1.54, 1.807) is 6.20 Å². The third kappa shape index (κ3) is 5.48. The molecule has 2 amide bonds. The van der Waals surface area contributed by atoms with Crippen LogP contribution in [-0.4, -0.2) is 41.1 Å². The molecule has 2 aromatic carbocycles. The van der Waals surface area contributed by atoms with Crippen molar-refractivity contribution in [2.75, 3.05) is 18.4 Å². The fraction of sp³-hybridized carbons (Fsp3) is 0.407. The highest BCUT2D eigenvalue weighted by molar-refractivity contribution is 6.30. The number of urea groups is 1. The van der Waals surface area contributed by atoms with Crippen LogP contribution in [0.3, 0.4) is 0 Å². The number of fused-ring (bicyclic) bond motifs is 1. The number of rotatable bonds is 5. The van der Waals surface area contributed by atoms with Crippen LogP contribution in [0.15, 0.2) is 60.8 Å². The third-order valence-corrected chi connectivity index (χ3v) is 7.48. The van der Waals surface area contributed by atoms with Gasteiger partial charge in [0.15, 0.2) is 0 Å². The quantitative estimate of drug-likeness (QED) is 0.497. The van der Waals surface area contributed by atoms with Crippen molar-refractivity contribution >= 4 is 34.2 Å². The van der Waals surface area contributed by atoms with Crippen LogP contribution in [0, 0.1) is 5.92 Å². The Morgan fingerprint density at radius 3 is 2.55 bits per heavy atom. The lowest BCUT2D eigenvalue weighted by Gasteiger charge is -2.38. The normalized spacial score (nSPS) is 21.8. The second-order valence-corrected chi connectivity index (χ2v) is 9.87. The van der Waals surface area contributed by atoms with Crippen molar-refractivity contribution in [1.29, 1.82) is 0 Å². The molecule has 2 fully saturated rings. The minimum absolute atomic E-state index is 0.160. The third-order valence-electron chi connectivity index (χ3n) is 7.22. The molecular formula is C27H31ClN4O. The van der Waals surface area contributed by atoms with Crippen molar-refractivity contribution in [3.63, 3.8) is 0 Å². The molecule has 1 saturated heterocycles. The van der Waals surface area contributed by atoms with Gasteiger partial charge in [0, 0.05) is 28.7 Å². The molecule has 6 heteroatoms. The van der Waals surface area contributed by atoms with E-state index in [0.717, 1.165) is 60.5 Å². The molecular weight excluding hydrogens is 432 g/mol. The highest BCUT2D eigenvalue weighted by Gasteiger charge is 2.35. The summed E-state index contributed by atoms with van der Waals surface area (Å²) in [5, 5.41) is 9.11. The predicted octanol–water partition coefficient (Wildman–Crippen LogP) is 5.89. The first-order chi connectivity index (χ1) is 16.1. The van der Waals surface area contributed by atoms with Gasteiger partial charge < -0.3 is 5.32 Å². The minimum atomic E-state index is -0.160. The highest BCUT2D eigenvalue weighted by Crippen LogP contribution is 2.30. The summed E-state index contributed by atoms with van der Waals surface area (Å²) in [7, 11) is 0. The lowest BCUT2D eigenvalue weighted by molar-refractivity contribution is 0.119. The van der Waals surface area contributed by atoms with Gasteiger partial charge in [0.25, 0.3) is 0 Å².